The predicted octanol–water partition coefficient (Wildman–Crippen LogP) is 7.12. The first kappa shape index (κ1) is 20.7. The van der Waals surface area contributed by atoms with Crippen LogP contribution in [-0.2, 0) is 0 Å². The molecule has 0 bridgehead atoms. The molecule has 0 aliphatic rings. The van der Waals surface area contributed by atoms with Gasteiger partial charge in [0.2, 0.25) is 5.89 Å². The van der Waals surface area contributed by atoms with Crippen molar-refractivity contribution < 1.29 is 13.9 Å². The van der Waals surface area contributed by atoms with Gasteiger partial charge in [0.15, 0.2) is 5.58 Å². The molecule has 160 valence electrons. The second-order valence-corrected chi connectivity index (χ2v) is 7.64. The van der Waals surface area contributed by atoms with Crippen molar-refractivity contribution in [2.45, 2.75) is 0 Å². The largest absolute Gasteiger partial charge is 0.436 e. The van der Waals surface area contributed by atoms with E-state index in [4.69, 9.17) is 20.8 Å². The number of aliphatic imine (C=N–C) groups is 1. The zero-order chi connectivity index (χ0) is 22.6. The van der Waals surface area contributed by atoms with Gasteiger partial charge in [-0.05, 0) is 72.3 Å². The summed E-state index contributed by atoms with van der Waals surface area (Å²) in [6, 6.07) is 29.2. The fourth-order valence-electron chi connectivity index (χ4n) is 3.26. The number of hydrogen-bond acceptors (Lipinski definition) is 5. The van der Waals surface area contributed by atoms with E-state index >= 15 is 0 Å². The maximum absolute atomic E-state index is 12.3. The van der Waals surface area contributed by atoms with E-state index in [2.05, 4.69) is 9.98 Å². The van der Waals surface area contributed by atoms with Gasteiger partial charge in [0.05, 0.1) is 16.3 Å². The Bertz CT molecular complexity index is 1460. The van der Waals surface area contributed by atoms with Crippen LogP contribution in [0.1, 0.15) is 15.9 Å². The third kappa shape index (κ3) is 4.68. The number of halogens is 1. The molecule has 4 aromatic carbocycles. The summed E-state index contributed by atoms with van der Waals surface area (Å²) in [6.07, 6.45) is 1.74. The van der Waals surface area contributed by atoms with Gasteiger partial charge in [0.1, 0.15) is 11.3 Å². The van der Waals surface area contributed by atoms with E-state index < -0.39 is 5.97 Å². The summed E-state index contributed by atoms with van der Waals surface area (Å²) in [5.41, 5.74) is 4.31. The van der Waals surface area contributed by atoms with E-state index in [1.54, 1.807) is 42.6 Å². The Labute approximate surface area is 195 Å². The van der Waals surface area contributed by atoms with Gasteiger partial charge in [0.25, 0.3) is 0 Å². The molecule has 33 heavy (non-hydrogen) atoms. The highest BCUT2D eigenvalue weighted by Crippen LogP contribution is 2.27. The Morgan fingerprint density at radius 2 is 1.67 bits per heavy atom. The van der Waals surface area contributed by atoms with Crippen LogP contribution in [0.25, 0.3) is 22.6 Å². The Kier molecular flexibility index (Phi) is 5.70. The van der Waals surface area contributed by atoms with Crippen molar-refractivity contribution in [2.24, 2.45) is 4.99 Å². The van der Waals surface area contributed by atoms with Crippen molar-refractivity contribution in [1.29, 1.82) is 0 Å². The molecule has 0 aliphatic carbocycles. The lowest BCUT2D eigenvalue weighted by molar-refractivity contribution is 0.0735. The first-order valence-electron chi connectivity index (χ1n) is 10.2. The summed E-state index contributed by atoms with van der Waals surface area (Å²) < 4.78 is 11.2. The van der Waals surface area contributed by atoms with E-state index in [9.17, 15) is 4.79 Å². The standard InChI is InChI=1S/C27H17ClN2O3/c28-23-9-5-4-8-22(23)27(31)32-21-13-10-18(11-14-21)17-29-20-12-15-25-24(16-20)30-26(33-25)19-6-2-1-3-7-19/h1-17H. The molecule has 0 amide bonds. The molecule has 0 spiro atoms. The van der Waals surface area contributed by atoms with Crippen LogP contribution in [0.2, 0.25) is 5.02 Å². The van der Waals surface area contributed by atoms with E-state index in [1.165, 1.54) is 0 Å². The number of benzene rings is 4. The second kappa shape index (κ2) is 9.10. The Morgan fingerprint density at radius 3 is 2.45 bits per heavy atom. The molecule has 0 N–H and O–H groups in total. The molecule has 0 radical (unpaired) electrons. The van der Waals surface area contributed by atoms with Gasteiger partial charge in [0, 0.05) is 11.8 Å². The van der Waals surface area contributed by atoms with Crippen LogP contribution in [0.15, 0.2) is 106 Å². The SMILES string of the molecule is O=C(Oc1ccc(C=Nc2ccc3oc(-c4ccccc4)nc3c2)cc1)c1ccccc1Cl. The van der Waals surface area contributed by atoms with Crippen molar-refractivity contribution in [3.63, 3.8) is 0 Å². The highest BCUT2D eigenvalue weighted by atomic mass is 35.5. The van der Waals surface area contributed by atoms with Gasteiger partial charge in [-0.25, -0.2) is 9.78 Å². The Hall–Kier alpha value is -4.22. The minimum Gasteiger partial charge on any atom is -0.436 e. The quantitative estimate of drug-likeness (QED) is 0.162. The van der Waals surface area contributed by atoms with Crippen molar-refractivity contribution in [1.82, 2.24) is 4.98 Å². The molecule has 0 unspecified atom stereocenters. The molecular formula is C27H17ClN2O3. The lowest BCUT2D eigenvalue weighted by atomic mass is 10.2. The lowest BCUT2D eigenvalue weighted by Gasteiger charge is -2.05. The van der Waals surface area contributed by atoms with Gasteiger partial charge >= 0.3 is 5.97 Å². The number of aromatic nitrogens is 1. The average molecular weight is 453 g/mol. The van der Waals surface area contributed by atoms with Crippen LogP contribution in [-0.4, -0.2) is 17.2 Å². The number of oxazole rings is 1. The Morgan fingerprint density at radius 1 is 0.909 bits per heavy atom. The van der Waals surface area contributed by atoms with Gasteiger partial charge < -0.3 is 9.15 Å². The van der Waals surface area contributed by atoms with Crippen LogP contribution in [0.5, 0.6) is 5.75 Å². The number of carbonyl (C=O) groups is 1. The second-order valence-electron chi connectivity index (χ2n) is 7.23. The maximum atomic E-state index is 12.3. The highest BCUT2D eigenvalue weighted by Gasteiger charge is 2.12. The number of fused-ring (bicyclic) bond motifs is 1. The summed E-state index contributed by atoms with van der Waals surface area (Å²) in [6.45, 7) is 0. The number of esters is 1. The third-order valence-electron chi connectivity index (χ3n) is 4.94. The van der Waals surface area contributed by atoms with Crippen LogP contribution >= 0.6 is 11.6 Å². The van der Waals surface area contributed by atoms with Crippen molar-refractivity contribution in [3.05, 3.63) is 113 Å². The van der Waals surface area contributed by atoms with E-state index in [-0.39, 0.29) is 0 Å². The van der Waals surface area contributed by atoms with Crippen LogP contribution < -0.4 is 4.74 Å². The fraction of sp³-hybridized carbons (Fsp3) is 0. The zero-order valence-corrected chi connectivity index (χ0v) is 18.1. The molecule has 1 aromatic heterocycles. The predicted molar refractivity (Wildman–Crippen MR) is 130 cm³/mol. The van der Waals surface area contributed by atoms with E-state index in [0.29, 0.717) is 27.8 Å². The Balaban J connectivity index is 1.29. The molecule has 0 aliphatic heterocycles. The average Bonchev–Trinajstić information content (AvgIpc) is 3.28. The normalized spacial score (nSPS) is 11.2. The number of carbonyl (C=O) groups excluding carboxylic acids is 1. The van der Waals surface area contributed by atoms with Crippen molar-refractivity contribution in [2.75, 3.05) is 0 Å². The molecular weight excluding hydrogens is 436 g/mol. The molecule has 0 saturated heterocycles. The molecule has 5 rings (SSSR count). The maximum Gasteiger partial charge on any atom is 0.345 e. The summed E-state index contributed by atoms with van der Waals surface area (Å²) in [4.78, 5) is 21.4. The van der Waals surface area contributed by atoms with Gasteiger partial charge in [-0.2, -0.15) is 0 Å². The molecule has 5 aromatic rings. The molecule has 1 heterocycles. The summed E-state index contributed by atoms with van der Waals surface area (Å²) >= 11 is 6.05. The first-order valence-corrected chi connectivity index (χ1v) is 10.6. The highest BCUT2D eigenvalue weighted by molar-refractivity contribution is 6.33. The molecule has 6 heteroatoms. The van der Waals surface area contributed by atoms with Crippen LogP contribution in [0, 0.1) is 0 Å². The minimum atomic E-state index is -0.502. The molecule has 0 atom stereocenters. The molecule has 0 fully saturated rings. The smallest absolute Gasteiger partial charge is 0.345 e. The lowest BCUT2D eigenvalue weighted by Crippen LogP contribution is -2.08. The van der Waals surface area contributed by atoms with E-state index in [1.807, 2.05) is 60.7 Å². The van der Waals surface area contributed by atoms with Crippen LogP contribution in [0.3, 0.4) is 0 Å². The summed E-state index contributed by atoms with van der Waals surface area (Å²) in [5, 5.41) is 0.353. The zero-order valence-electron chi connectivity index (χ0n) is 17.3. The summed E-state index contributed by atoms with van der Waals surface area (Å²) in [7, 11) is 0. The number of hydrogen-bond donors (Lipinski definition) is 0. The van der Waals surface area contributed by atoms with Crippen molar-refractivity contribution in [3.8, 4) is 17.2 Å². The van der Waals surface area contributed by atoms with E-state index in [0.717, 1.165) is 22.3 Å². The monoisotopic (exact) mass is 452 g/mol. The molecule has 0 saturated carbocycles. The third-order valence-corrected chi connectivity index (χ3v) is 5.27. The van der Waals surface area contributed by atoms with Crippen molar-refractivity contribution >= 4 is 40.6 Å². The van der Waals surface area contributed by atoms with Gasteiger partial charge in [-0.15, -0.1) is 0 Å². The molecule has 5 nitrogen and oxygen atoms in total. The minimum absolute atomic E-state index is 0.323. The number of rotatable bonds is 5. The fourth-order valence-corrected chi connectivity index (χ4v) is 3.47. The summed E-state index contributed by atoms with van der Waals surface area (Å²) in [5.74, 6) is 0.501. The first-order chi connectivity index (χ1) is 16.2. The topological polar surface area (TPSA) is 64.7 Å². The van der Waals surface area contributed by atoms with Gasteiger partial charge in [-0.1, -0.05) is 41.9 Å². The van der Waals surface area contributed by atoms with Gasteiger partial charge in [-0.3, -0.25) is 4.99 Å². The number of nitrogens with zero attached hydrogens (tertiary/aromatic N) is 2. The van der Waals surface area contributed by atoms with Crippen LogP contribution in [0.4, 0.5) is 5.69 Å². The number of ether oxygens (including phenoxy) is 1.